The SMILES string of the molecule is CC[C@H]1[C@@H](O)C2C3CC[C@H]([C@H](C)CC=C(c4ccccc4)c4ccccc4)[C@@]3(C)CCC2[C@@]2(C)CC[C@@H](OC(C)=O)C[C@@H]12. The van der Waals surface area contributed by atoms with E-state index in [0.29, 0.717) is 41.4 Å². The van der Waals surface area contributed by atoms with Gasteiger partial charge in [0.15, 0.2) is 0 Å². The topological polar surface area (TPSA) is 46.5 Å². The normalized spacial score (nSPS) is 39.1. The first-order chi connectivity index (χ1) is 20.7. The van der Waals surface area contributed by atoms with E-state index in [1.54, 1.807) is 0 Å². The average molecular weight is 583 g/mol. The van der Waals surface area contributed by atoms with Crippen molar-refractivity contribution in [3.8, 4) is 0 Å². The van der Waals surface area contributed by atoms with Crippen LogP contribution in [0.3, 0.4) is 0 Å². The summed E-state index contributed by atoms with van der Waals surface area (Å²) in [6.45, 7) is 11.4. The van der Waals surface area contributed by atoms with Crippen molar-refractivity contribution in [2.45, 2.75) is 105 Å². The van der Waals surface area contributed by atoms with Gasteiger partial charge in [0.1, 0.15) is 6.10 Å². The molecule has 0 aromatic heterocycles. The second-order valence-corrected chi connectivity index (χ2v) is 15.3. The Balaban J connectivity index is 1.24. The highest BCUT2D eigenvalue weighted by Gasteiger charge is 2.65. The van der Waals surface area contributed by atoms with Gasteiger partial charge in [0, 0.05) is 6.92 Å². The van der Waals surface area contributed by atoms with Gasteiger partial charge < -0.3 is 9.84 Å². The van der Waals surface area contributed by atoms with E-state index in [4.69, 9.17) is 4.74 Å². The minimum atomic E-state index is -0.245. The van der Waals surface area contributed by atoms with Gasteiger partial charge in [-0.15, -0.1) is 0 Å². The fraction of sp³-hybridized carbons (Fsp3) is 0.625. The summed E-state index contributed by atoms with van der Waals surface area (Å²) in [5, 5.41) is 12.2. The minimum Gasteiger partial charge on any atom is -0.463 e. The molecule has 0 saturated heterocycles. The maximum Gasteiger partial charge on any atom is 0.302 e. The predicted octanol–water partition coefficient (Wildman–Crippen LogP) is 9.34. The van der Waals surface area contributed by atoms with E-state index in [1.807, 2.05) is 0 Å². The Kier molecular flexibility index (Phi) is 8.68. The summed E-state index contributed by atoms with van der Waals surface area (Å²) >= 11 is 0. The van der Waals surface area contributed by atoms with Gasteiger partial charge in [0.25, 0.3) is 0 Å². The molecule has 2 aromatic rings. The molecule has 1 N–H and O–H groups in total. The van der Waals surface area contributed by atoms with E-state index in [2.05, 4.69) is 94.4 Å². The van der Waals surface area contributed by atoms with Gasteiger partial charge in [-0.1, -0.05) is 101 Å². The zero-order chi connectivity index (χ0) is 30.4. The maximum absolute atomic E-state index is 12.2. The molecule has 4 saturated carbocycles. The lowest BCUT2D eigenvalue weighted by Gasteiger charge is -2.64. The first-order valence-corrected chi connectivity index (χ1v) is 17.3. The van der Waals surface area contributed by atoms with Crippen LogP contribution in [0.1, 0.15) is 104 Å². The van der Waals surface area contributed by atoms with Crippen molar-refractivity contribution in [1.29, 1.82) is 0 Å². The standard InChI is InChI=1S/C40H54O3/c1-6-31-36-25-30(43-27(3)41)21-23-40(36,5)35-22-24-39(4)33(19-20-34(39)37(35)38(31)42)26(2)17-18-32(28-13-9-7-10-14-28)29-15-11-8-12-16-29/h7-16,18,26,30-31,33-38,42H,6,17,19-25H2,1-5H3/t26-,30-,31-,33-,34?,35?,36+,37?,38-,39-,40-/m1/s1. The monoisotopic (exact) mass is 582 g/mol. The smallest absolute Gasteiger partial charge is 0.302 e. The Morgan fingerprint density at radius 1 is 0.907 bits per heavy atom. The second-order valence-electron chi connectivity index (χ2n) is 15.3. The molecule has 2 aromatic carbocycles. The molecule has 11 atom stereocenters. The summed E-state index contributed by atoms with van der Waals surface area (Å²) in [5.74, 6) is 3.41. The Morgan fingerprint density at radius 3 is 2.12 bits per heavy atom. The van der Waals surface area contributed by atoms with Crippen molar-refractivity contribution in [1.82, 2.24) is 0 Å². The third-order valence-corrected chi connectivity index (χ3v) is 13.3. The molecule has 3 nitrogen and oxygen atoms in total. The molecule has 0 heterocycles. The highest BCUT2D eigenvalue weighted by molar-refractivity contribution is 5.79. The lowest BCUT2D eigenvalue weighted by Crippen LogP contribution is -2.62. The Hall–Kier alpha value is -2.39. The number of aliphatic hydroxyl groups excluding tert-OH is 1. The molecule has 3 unspecified atom stereocenters. The van der Waals surface area contributed by atoms with Gasteiger partial charge in [0.2, 0.25) is 0 Å². The number of aliphatic hydroxyl groups is 1. The lowest BCUT2D eigenvalue weighted by molar-refractivity contribution is -0.207. The summed E-state index contributed by atoms with van der Waals surface area (Å²) in [7, 11) is 0. The molecule has 43 heavy (non-hydrogen) atoms. The first kappa shape index (κ1) is 30.6. The molecule has 0 bridgehead atoms. The third-order valence-electron chi connectivity index (χ3n) is 13.3. The van der Waals surface area contributed by atoms with Crippen LogP contribution in [0, 0.1) is 52.3 Å². The van der Waals surface area contributed by atoms with Gasteiger partial charge in [-0.2, -0.15) is 0 Å². The van der Waals surface area contributed by atoms with E-state index < -0.39 is 0 Å². The van der Waals surface area contributed by atoms with Gasteiger partial charge in [-0.3, -0.25) is 4.79 Å². The molecule has 0 spiro atoms. The molecule has 0 amide bonds. The van der Waals surface area contributed by atoms with Gasteiger partial charge in [-0.05, 0) is 120 Å². The molecule has 3 heteroatoms. The van der Waals surface area contributed by atoms with Crippen LogP contribution in [0.4, 0.5) is 0 Å². The number of hydrogen-bond donors (Lipinski definition) is 1. The lowest BCUT2D eigenvalue weighted by atomic mass is 9.41. The van der Waals surface area contributed by atoms with Crippen LogP contribution in [-0.4, -0.2) is 23.3 Å². The average Bonchev–Trinajstić information content (AvgIpc) is 3.36. The fourth-order valence-electron chi connectivity index (χ4n) is 11.4. The number of esters is 1. The van der Waals surface area contributed by atoms with Crippen LogP contribution in [0.5, 0.6) is 0 Å². The highest BCUT2D eigenvalue weighted by atomic mass is 16.5. The number of benzene rings is 2. The van der Waals surface area contributed by atoms with E-state index >= 15 is 0 Å². The molecule has 0 aliphatic heterocycles. The minimum absolute atomic E-state index is 0.0173. The number of fused-ring (bicyclic) bond motifs is 5. The van der Waals surface area contributed by atoms with Gasteiger partial charge in [-0.25, -0.2) is 0 Å². The number of rotatable bonds is 7. The molecule has 0 radical (unpaired) electrons. The van der Waals surface area contributed by atoms with Crippen molar-refractivity contribution in [3.63, 3.8) is 0 Å². The van der Waals surface area contributed by atoms with Crippen LogP contribution >= 0.6 is 0 Å². The zero-order valence-electron chi connectivity index (χ0n) is 27.2. The van der Waals surface area contributed by atoms with Crippen LogP contribution in [0.15, 0.2) is 66.7 Å². The number of carbonyl (C=O) groups excluding carboxylic acids is 1. The van der Waals surface area contributed by atoms with Gasteiger partial charge in [0.05, 0.1) is 6.10 Å². The molecular formula is C40H54O3. The summed E-state index contributed by atoms with van der Waals surface area (Å²) in [6.07, 6.45) is 12.4. The molecule has 4 fully saturated rings. The quantitative estimate of drug-likeness (QED) is 0.331. The van der Waals surface area contributed by atoms with Crippen LogP contribution in [0.25, 0.3) is 5.57 Å². The van der Waals surface area contributed by atoms with Crippen molar-refractivity contribution >= 4 is 11.5 Å². The summed E-state index contributed by atoms with van der Waals surface area (Å²) in [4.78, 5) is 11.8. The molecule has 4 aliphatic rings. The van der Waals surface area contributed by atoms with Crippen molar-refractivity contribution in [2.75, 3.05) is 0 Å². The van der Waals surface area contributed by atoms with E-state index in [9.17, 15) is 9.90 Å². The molecular weight excluding hydrogens is 528 g/mol. The van der Waals surface area contributed by atoms with Crippen LogP contribution in [-0.2, 0) is 9.53 Å². The van der Waals surface area contributed by atoms with E-state index in [-0.39, 0.29) is 29.0 Å². The summed E-state index contributed by atoms with van der Waals surface area (Å²) in [6, 6.07) is 21.7. The van der Waals surface area contributed by atoms with Crippen molar-refractivity contribution in [3.05, 3.63) is 77.9 Å². The predicted molar refractivity (Wildman–Crippen MR) is 175 cm³/mol. The molecule has 6 rings (SSSR count). The summed E-state index contributed by atoms with van der Waals surface area (Å²) < 4.78 is 5.75. The van der Waals surface area contributed by atoms with Crippen molar-refractivity contribution < 1.29 is 14.6 Å². The Morgan fingerprint density at radius 2 is 1.51 bits per heavy atom. The second kappa shape index (κ2) is 12.2. The fourth-order valence-corrected chi connectivity index (χ4v) is 11.4. The third kappa shape index (κ3) is 5.43. The van der Waals surface area contributed by atoms with Crippen LogP contribution in [0.2, 0.25) is 0 Å². The Labute approximate surface area is 260 Å². The number of allylic oxidation sites excluding steroid dienone is 1. The number of carbonyl (C=O) groups is 1. The highest BCUT2D eigenvalue weighted by Crippen LogP contribution is 2.69. The van der Waals surface area contributed by atoms with E-state index in [0.717, 1.165) is 32.1 Å². The van der Waals surface area contributed by atoms with Crippen LogP contribution < -0.4 is 0 Å². The summed E-state index contributed by atoms with van der Waals surface area (Å²) in [5.41, 5.74) is 4.44. The number of ether oxygens (including phenoxy) is 1. The Bertz CT molecular complexity index is 1240. The van der Waals surface area contributed by atoms with E-state index in [1.165, 1.54) is 49.3 Å². The van der Waals surface area contributed by atoms with Gasteiger partial charge >= 0.3 is 5.97 Å². The zero-order valence-corrected chi connectivity index (χ0v) is 27.2. The molecule has 232 valence electrons. The first-order valence-electron chi connectivity index (χ1n) is 17.3. The maximum atomic E-state index is 12.2. The molecule has 4 aliphatic carbocycles. The number of hydrogen-bond acceptors (Lipinski definition) is 3. The largest absolute Gasteiger partial charge is 0.463 e. The van der Waals surface area contributed by atoms with Crippen molar-refractivity contribution in [2.24, 2.45) is 52.3 Å².